The Morgan fingerprint density at radius 1 is 1.36 bits per heavy atom. The lowest BCUT2D eigenvalue weighted by Crippen LogP contribution is -1.84. The van der Waals surface area contributed by atoms with E-state index in [4.69, 9.17) is 0 Å². The van der Waals surface area contributed by atoms with E-state index in [1.165, 1.54) is 12.1 Å². The lowest BCUT2D eigenvalue weighted by molar-refractivity contribution is 0.626. The van der Waals surface area contributed by atoms with Gasteiger partial charge in [-0.3, -0.25) is 0 Å². The van der Waals surface area contributed by atoms with Gasteiger partial charge >= 0.3 is 0 Å². The van der Waals surface area contributed by atoms with Gasteiger partial charge in [-0.1, -0.05) is 37.9 Å². The molecule has 1 rings (SSSR count). The van der Waals surface area contributed by atoms with Gasteiger partial charge in [0.1, 0.15) is 5.82 Å². The van der Waals surface area contributed by atoms with Gasteiger partial charge in [0.25, 0.3) is 0 Å². The summed E-state index contributed by atoms with van der Waals surface area (Å²) in [4.78, 5) is 0. The van der Waals surface area contributed by atoms with E-state index in [0.717, 1.165) is 11.1 Å². The molecule has 0 unspecified atom stereocenters. The van der Waals surface area contributed by atoms with Crippen molar-refractivity contribution in [2.75, 3.05) is 0 Å². The van der Waals surface area contributed by atoms with E-state index >= 15 is 0 Å². The van der Waals surface area contributed by atoms with E-state index in [1.54, 1.807) is 5.33 Å². The second-order valence-electron chi connectivity index (χ2n) is 2.14. The number of alkyl halides is 1. The summed E-state index contributed by atoms with van der Waals surface area (Å²) in [7, 11) is 0. The van der Waals surface area contributed by atoms with Crippen LogP contribution in [0, 0.1) is 11.1 Å². The summed E-state index contributed by atoms with van der Waals surface area (Å²) in [6.45, 7) is 0. The number of rotatable bonds is 2. The first-order valence-electron chi connectivity index (χ1n) is 3.05. The molecule has 1 aromatic carbocycles. The third kappa shape index (κ3) is 2.56. The Hall–Kier alpha value is 0.110. The molecule has 0 saturated heterocycles. The lowest BCUT2D eigenvalue weighted by Gasteiger charge is -1.99. The summed E-state index contributed by atoms with van der Waals surface area (Å²) < 4.78 is 12.7. The summed E-state index contributed by atoms with van der Waals surface area (Å²) in [6, 6.07) is 4.89. The van der Waals surface area contributed by atoms with Crippen LogP contribution in [0.2, 0.25) is 0 Å². The zero-order chi connectivity index (χ0) is 8.27. The highest BCUT2D eigenvalue weighted by atomic mass is 79.9. The van der Waals surface area contributed by atoms with Crippen LogP contribution in [-0.4, -0.2) is 0 Å². The molecule has 0 aliphatic carbocycles. The average Bonchev–Trinajstić information content (AvgIpc) is 2.03. The molecule has 1 radical (unpaired) electrons. The molecule has 0 heterocycles. The maximum absolute atomic E-state index is 12.7. The van der Waals surface area contributed by atoms with Crippen LogP contribution >= 0.6 is 31.9 Å². The van der Waals surface area contributed by atoms with Crippen molar-refractivity contribution in [3.63, 3.8) is 0 Å². The van der Waals surface area contributed by atoms with E-state index in [1.807, 2.05) is 6.07 Å². The molecule has 0 spiro atoms. The van der Waals surface area contributed by atoms with Crippen molar-refractivity contribution >= 4 is 31.9 Å². The van der Waals surface area contributed by atoms with E-state index in [9.17, 15) is 4.39 Å². The van der Waals surface area contributed by atoms with E-state index < -0.39 is 0 Å². The van der Waals surface area contributed by atoms with Crippen molar-refractivity contribution in [2.45, 2.75) is 5.33 Å². The standard InChI is InChI=1S/C8H6Br2F/c9-4-6-1-7(5-10)3-8(11)2-6/h1-4H,5H2. The van der Waals surface area contributed by atoms with Crippen molar-refractivity contribution in [3.05, 3.63) is 40.5 Å². The first kappa shape index (κ1) is 9.20. The van der Waals surface area contributed by atoms with Crippen LogP contribution in [0.3, 0.4) is 0 Å². The molecule has 0 atom stereocenters. The topological polar surface area (TPSA) is 0 Å². The molecule has 0 bridgehead atoms. The van der Waals surface area contributed by atoms with Gasteiger partial charge < -0.3 is 0 Å². The van der Waals surface area contributed by atoms with Crippen molar-refractivity contribution in [1.29, 1.82) is 0 Å². The van der Waals surface area contributed by atoms with Gasteiger partial charge in [0, 0.05) is 5.33 Å². The SMILES string of the molecule is Fc1cc([CH]Br)cc(CBr)c1. The van der Waals surface area contributed by atoms with E-state index in [0.29, 0.717) is 5.33 Å². The highest BCUT2D eigenvalue weighted by Gasteiger charge is 1.98. The third-order valence-electron chi connectivity index (χ3n) is 1.26. The van der Waals surface area contributed by atoms with Crippen molar-refractivity contribution in [1.82, 2.24) is 0 Å². The Morgan fingerprint density at radius 3 is 2.64 bits per heavy atom. The quantitative estimate of drug-likeness (QED) is 0.726. The molecular formula is C8H6Br2F. The fourth-order valence-corrected chi connectivity index (χ4v) is 1.40. The van der Waals surface area contributed by atoms with Gasteiger partial charge in [0.2, 0.25) is 0 Å². The van der Waals surface area contributed by atoms with Crippen molar-refractivity contribution < 1.29 is 4.39 Å². The van der Waals surface area contributed by atoms with Gasteiger partial charge in [-0.15, -0.1) is 0 Å². The largest absolute Gasteiger partial charge is 0.207 e. The predicted molar refractivity (Wildman–Crippen MR) is 51.4 cm³/mol. The summed E-state index contributed by atoms with van der Waals surface area (Å²) >= 11 is 6.41. The molecule has 3 heteroatoms. The van der Waals surface area contributed by atoms with Crippen molar-refractivity contribution in [3.8, 4) is 0 Å². The zero-order valence-electron chi connectivity index (χ0n) is 5.65. The summed E-state index contributed by atoms with van der Waals surface area (Å²) in [5, 5.41) is 2.38. The normalized spacial score (nSPS) is 10.1. The minimum absolute atomic E-state index is 0.201. The van der Waals surface area contributed by atoms with Crippen molar-refractivity contribution in [2.24, 2.45) is 0 Å². The summed E-state index contributed by atoms with van der Waals surface area (Å²) in [6.07, 6.45) is 0. The molecule has 0 aliphatic heterocycles. The van der Waals surface area contributed by atoms with Crippen LogP contribution in [0.1, 0.15) is 11.1 Å². The van der Waals surface area contributed by atoms with Gasteiger partial charge in [0.15, 0.2) is 0 Å². The fraction of sp³-hybridized carbons (Fsp3) is 0.125. The second-order valence-corrected chi connectivity index (χ2v) is 3.15. The number of halogens is 3. The summed E-state index contributed by atoms with van der Waals surface area (Å²) in [5.74, 6) is -0.201. The molecular weight excluding hydrogens is 275 g/mol. The molecule has 0 nitrogen and oxygen atoms in total. The Labute approximate surface area is 82.1 Å². The third-order valence-corrected chi connectivity index (χ3v) is 2.44. The van der Waals surface area contributed by atoms with E-state index in [-0.39, 0.29) is 5.82 Å². The highest BCUT2D eigenvalue weighted by molar-refractivity contribution is 9.10. The molecule has 0 fully saturated rings. The first-order valence-corrected chi connectivity index (χ1v) is 5.09. The van der Waals surface area contributed by atoms with Crippen LogP contribution in [0.25, 0.3) is 0 Å². The monoisotopic (exact) mass is 279 g/mol. The first-order chi connectivity index (χ1) is 5.26. The maximum Gasteiger partial charge on any atom is 0.123 e. The molecule has 0 aromatic heterocycles. The lowest BCUT2D eigenvalue weighted by atomic mass is 10.1. The number of hydrogen-bond donors (Lipinski definition) is 0. The van der Waals surface area contributed by atoms with Gasteiger partial charge in [-0.25, -0.2) is 4.39 Å². The smallest absolute Gasteiger partial charge is 0.123 e. The van der Waals surface area contributed by atoms with Crippen LogP contribution in [0.4, 0.5) is 4.39 Å². The minimum Gasteiger partial charge on any atom is -0.207 e. The van der Waals surface area contributed by atoms with E-state index in [2.05, 4.69) is 31.9 Å². The van der Waals surface area contributed by atoms with Gasteiger partial charge in [-0.05, 0) is 23.3 Å². The summed E-state index contributed by atoms with van der Waals surface area (Å²) in [5.41, 5.74) is 1.79. The minimum atomic E-state index is -0.201. The Balaban J connectivity index is 3.02. The predicted octanol–water partition coefficient (Wildman–Crippen LogP) is 3.63. The Bertz CT molecular complexity index is 226. The Morgan fingerprint density at radius 2 is 2.09 bits per heavy atom. The average molecular weight is 281 g/mol. The van der Waals surface area contributed by atoms with Crippen LogP contribution in [-0.2, 0) is 5.33 Å². The molecule has 0 aliphatic rings. The highest BCUT2D eigenvalue weighted by Crippen LogP contribution is 2.15. The van der Waals surface area contributed by atoms with Gasteiger partial charge in [-0.2, -0.15) is 0 Å². The molecule has 1 aromatic rings. The van der Waals surface area contributed by atoms with Crippen LogP contribution in [0.15, 0.2) is 18.2 Å². The van der Waals surface area contributed by atoms with Crippen LogP contribution in [0.5, 0.6) is 0 Å². The molecule has 0 N–H and O–H groups in total. The fourth-order valence-electron chi connectivity index (χ4n) is 0.816. The number of hydrogen-bond acceptors (Lipinski definition) is 0. The molecule has 59 valence electrons. The van der Waals surface area contributed by atoms with Crippen LogP contribution < -0.4 is 0 Å². The second kappa shape index (κ2) is 4.21. The molecule has 0 amide bonds. The molecule has 11 heavy (non-hydrogen) atoms. The zero-order valence-corrected chi connectivity index (χ0v) is 8.82. The Kier molecular flexibility index (Phi) is 3.52. The van der Waals surface area contributed by atoms with Gasteiger partial charge in [0.05, 0.1) is 5.33 Å². The molecule has 0 saturated carbocycles. The maximum atomic E-state index is 12.7. The number of benzene rings is 1.